The molecule has 1 aromatic rings. The summed E-state index contributed by atoms with van der Waals surface area (Å²) in [5, 5.41) is 0. The van der Waals surface area contributed by atoms with Crippen LogP contribution in [0, 0.1) is 19.8 Å². The van der Waals surface area contributed by atoms with E-state index in [0.29, 0.717) is 0 Å². The molecular formula is C21H36O. The summed E-state index contributed by atoms with van der Waals surface area (Å²) in [7, 11) is 1.89. The molecule has 2 rings (SSSR count). The fourth-order valence-electron chi connectivity index (χ4n) is 3.03. The largest absolute Gasteiger partial charge is 0.378 e. The van der Waals surface area contributed by atoms with Crippen molar-refractivity contribution in [2.45, 2.75) is 72.3 Å². The van der Waals surface area contributed by atoms with Gasteiger partial charge in [0.2, 0.25) is 0 Å². The first-order chi connectivity index (χ1) is 10.5. The maximum Gasteiger partial charge on any atom is 0.0719 e. The van der Waals surface area contributed by atoms with Crippen molar-refractivity contribution in [3.8, 4) is 0 Å². The van der Waals surface area contributed by atoms with Gasteiger partial charge in [0.1, 0.15) is 0 Å². The molecule has 0 N–H and O–H groups in total. The molecule has 22 heavy (non-hydrogen) atoms. The zero-order chi connectivity index (χ0) is 17.2. The van der Waals surface area contributed by atoms with Gasteiger partial charge in [0.15, 0.2) is 0 Å². The molecule has 0 heterocycles. The minimum absolute atomic E-state index is 0.0915. The zero-order valence-electron chi connectivity index (χ0n) is 15.7. The Labute approximate surface area is 138 Å². The van der Waals surface area contributed by atoms with Crippen molar-refractivity contribution in [3.05, 3.63) is 48.0 Å². The van der Waals surface area contributed by atoms with E-state index in [1.165, 1.54) is 42.4 Å². The number of aryl methyl sites for hydroxylation is 2. The molecule has 1 fully saturated rings. The summed E-state index contributed by atoms with van der Waals surface area (Å²) in [5.74, 6) is 0.869. The first kappa shape index (κ1) is 20.9. The third-order valence-corrected chi connectivity index (χ3v) is 4.72. The molecule has 0 aromatic heterocycles. The molecule has 0 aliphatic heterocycles. The van der Waals surface area contributed by atoms with Crippen LogP contribution in [0.5, 0.6) is 0 Å². The number of methoxy groups -OCH3 is 1. The third kappa shape index (κ3) is 5.96. The van der Waals surface area contributed by atoms with Gasteiger partial charge < -0.3 is 4.74 Å². The van der Waals surface area contributed by atoms with Crippen molar-refractivity contribution in [2.24, 2.45) is 5.92 Å². The van der Waals surface area contributed by atoms with Gasteiger partial charge in [0.25, 0.3) is 0 Å². The van der Waals surface area contributed by atoms with Gasteiger partial charge in [-0.3, -0.25) is 0 Å². The van der Waals surface area contributed by atoms with E-state index in [0.717, 1.165) is 12.3 Å². The molecule has 126 valence electrons. The van der Waals surface area contributed by atoms with Crippen LogP contribution < -0.4 is 0 Å². The molecule has 1 saturated carbocycles. The Kier molecular flexibility index (Phi) is 10.1. The second-order valence-electron chi connectivity index (χ2n) is 6.17. The summed E-state index contributed by atoms with van der Waals surface area (Å²) < 4.78 is 5.90. The first-order valence-corrected chi connectivity index (χ1v) is 8.66. The van der Waals surface area contributed by atoms with Crippen molar-refractivity contribution in [1.82, 2.24) is 0 Å². The van der Waals surface area contributed by atoms with Gasteiger partial charge in [-0.2, -0.15) is 0 Å². The number of ether oxygens (including phenoxy) is 1. The van der Waals surface area contributed by atoms with Crippen LogP contribution >= 0.6 is 0 Å². The second-order valence-corrected chi connectivity index (χ2v) is 6.17. The fraction of sp³-hybridized carbons (Fsp3) is 0.619. The van der Waals surface area contributed by atoms with Gasteiger partial charge in [-0.1, -0.05) is 39.0 Å². The van der Waals surface area contributed by atoms with Crippen molar-refractivity contribution < 1.29 is 4.74 Å². The monoisotopic (exact) mass is 304 g/mol. The predicted molar refractivity (Wildman–Crippen MR) is 99.6 cm³/mol. The Morgan fingerprint density at radius 1 is 1.09 bits per heavy atom. The molecule has 0 atom stereocenters. The van der Waals surface area contributed by atoms with Crippen LogP contribution in [0.15, 0.2) is 31.4 Å². The van der Waals surface area contributed by atoms with Crippen LogP contribution in [0.4, 0.5) is 0 Å². The topological polar surface area (TPSA) is 9.23 Å². The standard InChI is InChI=1S/C17H26O.C2H6.C2H4/c1-13-7-9-17(18-4,10-8-13)12-16-6-5-14(2)15(3)11-16;2*1-2/h5-6,11,13H,7-10,12H2,1-4H3;1-2H3;1-2H2. The van der Waals surface area contributed by atoms with Crippen LogP contribution in [0.3, 0.4) is 0 Å². The highest BCUT2D eigenvalue weighted by molar-refractivity contribution is 5.30. The molecule has 0 radical (unpaired) electrons. The Hall–Kier alpha value is -1.08. The number of benzene rings is 1. The lowest BCUT2D eigenvalue weighted by atomic mass is 9.76. The highest BCUT2D eigenvalue weighted by Gasteiger charge is 2.34. The number of rotatable bonds is 3. The van der Waals surface area contributed by atoms with Crippen LogP contribution in [-0.2, 0) is 11.2 Å². The van der Waals surface area contributed by atoms with Gasteiger partial charge in [-0.05, 0) is 62.1 Å². The van der Waals surface area contributed by atoms with Gasteiger partial charge in [0, 0.05) is 13.5 Å². The summed E-state index contributed by atoms with van der Waals surface area (Å²) in [6.45, 7) is 16.7. The molecular weight excluding hydrogens is 268 g/mol. The Morgan fingerprint density at radius 2 is 1.64 bits per heavy atom. The molecule has 0 unspecified atom stereocenters. The summed E-state index contributed by atoms with van der Waals surface area (Å²) >= 11 is 0. The maximum absolute atomic E-state index is 5.90. The average Bonchev–Trinajstić information content (AvgIpc) is 2.57. The second kappa shape index (κ2) is 10.6. The minimum Gasteiger partial charge on any atom is -0.378 e. The summed E-state index contributed by atoms with van der Waals surface area (Å²) in [6.07, 6.45) is 6.09. The molecule has 0 amide bonds. The van der Waals surface area contributed by atoms with Crippen LogP contribution in [0.2, 0.25) is 0 Å². The lowest BCUT2D eigenvalue weighted by Crippen LogP contribution is -2.38. The lowest BCUT2D eigenvalue weighted by molar-refractivity contribution is -0.0469. The van der Waals surface area contributed by atoms with Crippen molar-refractivity contribution >= 4 is 0 Å². The van der Waals surface area contributed by atoms with E-state index in [9.17, 15) is 0 Å². The van der Waals surface area contributed by atoms with Crippen LogP contribution in [0.25, 0.3) is 0 Å². The predicted octanol–water partition coefficient (Wildman–Crippen LogP) is 6.27. The zero-order valence-corrected chi connectivity index (χ0v) is 15.7. The smallest absolute Gasteiger partial charge is 0.0719 e. The van der Waals surface area contributed by atoms with E-state index in [4.69, 9.17) is 4.74 Å². The molecule has 0 spiro atoms. The molecule has 0 saturated heterocycles. The molecule has 1 heteroatoms. The highest BCUT2D eigenvalue weighted by Crippen LogP contribution is 2.37. The Balaban J connectivity index is 0.00000102. The SMILES string of the molecule is C=C.CC.COC1(Cc2ccc(C)c(C)c2)CCC(C)CC1. The van der Waals surface area contributed by atoms with Crippen molar-refractivity contribution in [1.29, 1.82) is 0 Å². The van der Waals surface area contributed by atoms with Crippen molar-refractivity contribution in [2.75, 3.05) is 7.11 Å². The minimum atomic E-state index is 0.0915. The van der Waals surface area contributed by atoms with E-state index < -0.39 is 0 Å². The Bertz CT molecular complexity index is 414. The van der Waals surface area contributed by atoms with E-state index in [1.807, 2.05) is 21.0 Å². The van der Waals surface area contributed by atoms with Gasteiger partial charge in [-0.25, -0.2) is 0 Å². The van der Waals surface area contributed by atoms with Crippen LogP contribution in [-0.4, -0.2) is 12.7 Å². The van der Waals surface area contributed by atoms with Gasteiger partial charge >= 0.3 is 0 Å². The van der Waals surface area contributed by atoms with E-state index in [-0.39, 0.29) is 5.60 Å². The first-order valence-electron chi connectivity index (χ1n) is 8.66. The average molecular weight is 305 g/mol. The molecule has 1 aliphatic carbocycles. The molecule has 1 aliphatic rings. The third-order valence-electron chi connectivity index (χ3n) is 4.72. The number of hydrogen-bond donors (Lipinski definition) is 0. The quantitative estimate of drug-likeness (QED) is 0.598. The fourth-order valence-corrected chi connectivity index (χ4v) is 3.03. The Morgan fingerprint density at radius 3 is 2.09 bits per heavy atom. The molecule has 0 bridgehead atoms. The van der Waals surface area contributed by atoms with E-state index in [2.05, 4.69) is 52.1 Å². The van der Waals surface area contributed by atoms with Crippen LogP contribution in [0.1, 0.15) is 63.1 Å². The summed E-state index contributed by atoms with van der Waals surface area (Å²) in [6, 6.07) is 6.83. The lowest BCUT2D eigenvalue weighted by Gasteiger charge is -2.38. The highest BCUT2D eigenvalue weighted by atomic mass is 16.5. The van der Waals surface area contributed by atoms with E-state index in [1.54, 1.807) is 0 Å². The molecule has 1 aromatic carbocycles. The normalized spacial score (nSPS) is 23.6. The van der Waals surface area contributed by atoms with E-state index >= 15 is 0 Å². The molecule has 1 nitrogen and oxygen atoms in total. The summed E-state index contributed by atoms with van der Waals surface area (Å²) in [4.78, 5) is 0. The van der Waals surface area contributed by atoms with Crippen molar-refractivity contribution in [3.63, 3.8) is 0 Å². The summed E-state index contributed by atoms with van der Waals surface area (Å²) in [5.41, 5.74) is 4.29. The number of hydrogen-bond acceptors (Lipinski definition) is 1. The maximum atomic E-state index is 5.90. The van der Waals surface area contributed by atoms with Gasteiger partial charge in [0.05, 0.1) is 5.60 Å². The van der Waals surface area contributed by atoms with Gasteiger partial charge in [-0.15, -0.1) is 13.2 Å².